The first-order valence-corrected chi connectivity index (χ1v) is 16.6. The number of aromatic nitrogens is 3. The third-order valence-electron chi connectivity index (χ3n) is 8.92. The van der Waals surface area contributed by atoms with E-state index in [0.717, 1.165) is 27.2 Å². The monoisotopic (exact) mass is 609 g/mol. The van der Waals surface area contributed by atoms with Gasteiger partial charge in [0.25, 0.3) is 0 Å². The molecule has 10 rings (SSSR count). The Labute approximate surface area is 266 Å². The number of rotatable bonds is 3. The summed E-state index contributed by atoms with van der Waals surface area (Å²) < 4.78 is 7.41. The highest BCUT2D eigenvalue weighted by Crippen LogP contribution is 2.44. The molecule has 0 aliphatic carbocycles. The van der Waals surface area contributed by atoms with E-state index in [2.05, 4.69) is 138 Å². The van der Waals surface area contributed by atoms with Gasteiger partial charge >= 0.3 is 0 Å². The molecule has 0 aliphatic rings. The van der Waals surface area contributed by atoms with Crippen LogP contribution < -0.4 is 0 Å². The lowest BCUT2D eigenvalue weighted by molar-refractivity contribution is 1.18. The number of thiophene rings is 2. The first kappa shape index (κ1) is 25.0. The molecule has 0 atom stereocenters. The zero-order chi connectivity index (χ0) is 29.5. The first-order chi connectivity index (χ1) is 22.3. The van der Waals surface area contributed by atoms with Crippen LogP contribution in [0.1, 0.15) is 0 Å². The van der Waals surface area contributed by atoms with Gasteiger partial charge in [0, 0.05) is 52.3 Å². The Bertz CT molecular complexity index is 2770. The van der Waals surface area contributed by atoms with Crippen LogP contribution in [0.2, 0.25) is 0 Å². The Morgan fingerprint density at radius 1 is 0.467 bits per heavy atom. The number of para-hydroxylation sites is 1. The van der Waals surface area contributed by atoms with Crippen molar-refractivity contribution in [3.8, 4) is 28.1 Å². The summed E-state index contributed by atoms with van der Waals surface area (Å²) in [5.41, 5.74) is 9.02. The molecule has 3 nitrogen and oxygen atoms in total. The summed E-state index contributed by atoms with van der Waals surface area (Å²) in [6.45, 7) is 0. The van der Waals surface area contributed by atoms with Crippen LogP contribution in [0, 0.1) is 0 Å². The molecule has 4 aromatic heterocycles. The molecule has 45 heavy (non-hydrogen) atoms. The summed E-state index contributed by atoms with van der Waals surface area (Å²) in [5, 5.41) is 6.41. The molecular weight excluding hydrogens is 587 g/mol. The summed E-state index contributed by atoms with van der Waals surface area (Å²) in [4.78, 5) is 9.64. The third-order valence-corrected chi connectivity index (χ3v) is 11.3. The molecule has 0 N–H and O–H groups in total. The van der Waals surface area contributed by atoms with Crippen molar-refractivity contribution in [3.05, 3.63) is 140 Å². The van der Waals surface area contributed by atoms with Crippen LogP contribution in [-0.2, 0) is 0 Å². The molecule has 0 fully saturated rings. The van der Waals surface area contributed by atoms with Crippen molar-refractivity contribution in [2.45, 2.75) is 0 Å². The van der Waals surface area contributed by atoms with Crippen LogP contribution in [0.25, 0.3) is 90.4 Å². The van der Waals surface area contributed by atoms with Gasteiger partial charge in [-0.1, -0.05) is 91.0 Å². The lowest BCUT2D eigenvalue weighted by Gasteiger charge is -2.10. The van der Waals surface area contributed by atoms with Gasteiger partial charge in [0.2, 0.25) is 0 Å². The summed E-state index contributed by atoms with van der Waals surface area (Å²) >= 11 is 3.66. The van der Waals surface area contributed by atoms with Gasteiger partial charge < -0.3 is 4.57 Å². The van der Waals surface area contributed by atoms with Crippen molar-refractivity contribution in [2.75, 3.05) is 0 Å². The minimum atomic E-state index is 0.969. The molecule has 0 saturated heterocycles. The molecular formula is C40H23N3S2. The molecule has 0 spiro atoms. The van der Waals surface area contributed by atoms with Crippen LogP contribution in [-0.4, -0.2) is 14.5 Å². The minimum absolute atomic E-state index is 0.969. The summed E-state index contributed by atoms with van der Waals surface area (Å²) in [5.74, 6) is 0. The van der Waals surface area contributed by atoms with Crippen molar-refractivity contribution >= 4 is 85.0 Å². The summed E-state index contributed by atoms with van der Waals surface area (Å²) in [6.07, 6.45) is 1.71. The van der Waals surface area contributed by atoms with Gasteiger partial charge in [0.1, 0.15) is 6.33 Å². The molecule has 0 saturated carbocycles. The standard InChI is InChI=1S/C40H23N3S2/c1-2-9-24(10-3-1)25-17-20-35-31(22-25)38-40(45-35)37(41-23-42-38)26-11-8-12-27(21-26)43-32-15-6-4-14-30(32)36-33(43)19-18-29-28-13-5-7-16-34(28)44-39(29)36/h1-23H. The Hall–Kier alpha value is -5.36. The number of hydrogen-bond donors (Lipinski definition) is 0. The maximum atomic E-state index is 4.86. The van der Waals surface area contributed by atoms with E-state index in [9.17, 15) is 0 Å². The Morgan fingerprint density at radius 3 is 2.18 bits per heavy atom. The van der Waals surface area contributed by atoms with Gasteiger partial charge in [0.15, 0.2) is 0 Å². The number of fused-ring (bicyclic) bond motifs is 10. The van der Waals surface area contributed by atoms with Gasteiger partial charge in [-0.15, -0.1) is 22.7 Å². The van der Waals surface area contributed by atoms with E-state index in [0.29, 0.717) is 0 Å². The summed E-state index contributed by atoms with van der Waals surface area (Å²) in [6, 6.07) is 48.1. The number of nitrogens with zero attached hydrogens (tertiary/aromatic N) is 3. The van der Waals surface area contributed by atoms with Crippen molar-refractivity contribution in [1.29, 1.82) is 0 Å². The maximum absolute atomic E-state index is 4.86. The average Bonchev–Trinajstić information content (AvgIpc) is 3.78. The number of benzene rings is 6. The van der Waals surface area contributed by atoms with E-state index in [1.54, 1.807) is 17.7 Å². The van der Waals surface area contributed by atoms with Gasteiger partial charge in [-0.2, -0.15) is 0 Å². The van der Waals surface area contributed by atoms with Crippen LogP contribution in [0.3, 0.4) is 0 Å². The molecule has 6 aromatic carbocycles. The highest BCUT2D eigenvalue weighted by molar-refractivity contribution is 7.27. The van der Waals surface area contributed by atoms with E-state index in [4.69, 9.17) is 9.97 Å². The molecule has 0 radical (unpaired) electrons. The third kappa shape index (κ3) is 3.69. The molecule has 4 heterocycles. The second kappa shape index (κ2) is 9.57. The van der Waals surface area contributed by atoms with Gasteiger partial charge in [-0.3, -0.25) is 0 Å². The molecule has 0 amide bonds. The van der Waals surface area contributed by atoms with Gasteiger partial charge in [0.05, 0.1) is 26.9 Å². The molecule has 0 bridgehead atoms. The molecule has 5 heteroatoms. The maximum Gasteiger partial charge on any atom is 0.116 e. The Balaban J connectivity index is 1.18. The minimum Gasteiger partial charge on any atom is -0.309 e. The summed E-state index contributed by atoms with van der Waals surface area (Å²) in [7, 11) is 0. The lowest BCUT2D eigenvalue weighted by Crippen LogP contribution is -1.95. The topological polar surface area (TPSA) is 30.7 Å². The van der Waals surface area contributed by atoms with Crippen LogP contribution in [0.4, 0.5) is 0 Å². The van der Waals surface area contributed by atoms with E-state index in [1.165, 1.54) is 63.2 Å². The molecule has 0 aliphatic heterocycles. The van der Waals surface area contributed by atoms with Gasteiger partial charge in [-0.05, 0) is 53.6 Å². The smallest absolute Gasteiger partial charge is 0.116 e. The highest BCUT2D eigenvalue weighted by Gasteiger charge is 2.19. The van der Waals surface area contributed by atoms with Crippen LogP contribution >= 0.6 is 22.7 Å². The highest BCUT2D eigenvalue weighted by atomic mass is 32.1. The molecule has 0 unspecified atom stereocenters. The quantitative estimate of drug-likeness (QED) is 0.199. The average molecular weight is 610 g/mol. The fourth-order valence-electron chi connectivity index (χ4n) is 6.90. The molecule has 210 valence electrons. The Kier molecular flexibility index (Phi) is 5.32. The van der Waals surface area contributed by atoms with E-state index in [-0.39, 0.29) is 0 Å². The number of hydrogen-bond acceptors (Lipinski definition) is 4. The SMILES string of the molecule is c1ccc(-c2ccc3sc4c(-c5cccc(-n6c7ccccc7c7c8sc9ccccc9c8ccc76)c5)ncnc4c3c2)cc1. The second-order valence-corrected chi connectivity index (χ2v) is 13.5. The van der Waals surface area contributed by atoms with Crippen LogP contribution in [0.5, 0.6) is 0 Å². The predicted molar refractivity (Wildman–Crippen MR) is 193 cm³/mol. The van der Waals surface area contributed by atoms with Crippen molar-refractivity contribution in [1.82, 2.24) is 14.5 Å². The second-order valence-electron chi connectivity index (χ2n) is 11.4. The fraction of sp³-hybridized carbons (Fsp3) is 0. The zero-order valence-corrected chi connectivity index (χ0v) is 25.6. The zero-order valence-electron chi connectivity index (χ0n) is 23.9. The Morgan fingerprint density at radius 2 is 1.24 bits per heavy atom. The fourth-order valence-corrected chi connectivity index (χ4v) is 9.30. The predicted octanol–water partition coefficient (Wildman–Crippen LogP) is 11.6. The lowest BCUT2D eigenvalue weighted by atomic mass is 10.0. The first-order valence-electron chi connectivity index (χ1n) is 15.0. The van der Waals surface area contributed by atoms with Crippen molar-refractivity contribution < 1.29 is 0 Å². The van der Waals surface area contributed by atoms with E-state index >= 15 is 0 Å². The van der Waals surface area contributed by atoms with E-state index < -0.39 is 0 Å². The normalized spacial score (nSPS) is 12.0. The van der Waals surface area contributed by atoms with Crippen molar-refractivity contribution in [3.63, 3.8) is 0 Å². The van der Waals surface area contributed by atoms with Crippen molar-refractivity contribution in [2.24, 2.45) is 0 Å². The largest absolute Gasteiger partial charge is 0.309 e. The van der Waals surface area contributed by atoms with Crippen LogP contribution in [0.15, 0.2) is 140 Å². The van der Waals surface area contributed by atoms with Gasteiger partial charge in [-0.25, -0.2) is 9.97 Å². The molecule has 10 aromatic rings. The van der Waals surface area contributed by atoms with E-state index in [1.807, 2.05) is 11.3 Å².